The van der Waals surface area contributed by atoms with Crippen molar-refractivity contribution in [3.8, 4) is 0 Å². The topological polar surface area (TPSA) is 98.6 Å². The lowest BCUT2D eigenvalue weighted by Crippen LogP contribution is -2.32. The van der Waals surface area contributed by atoms with Crippen LogP contribution in [0.15, 0.2) is 23.1 Å². The van der Waals surface area contributed by atoms with Crippen molar-refractivity contribution in [2.45, 2.75) is 17.9 Å². The molecule has 18 heavy (non-hydrogen) atoms. The quantitative estimate of drug-likeness (QED) is 0.756. The number of hydrogen-bond acceptors (Lipinski definition) is 5. The second-order valence-corrected chi connectivity index (χ2v) is 5.71. The highest BCUT2D eigenvalue weighted by Crippen LogP contribution is 2.24. The first-order valence-electron chi connectivity index (χ1n) is 5.41. The van der Waals surface area contributed by atoms with Crippen molar-refractivity contribution < 1.29 is 13.2 Å². The molecule has 1 aromatic carbocycles. The fourth-order valence-corrected chi connectivity index (χ4v) is 2.27. The van der Waals surface area contributed by atoms with Gasteiger partial charge in [0, 0.05) is 25.9 Å². The molecule has 1 rings (SSSR count). The molecule has 0 spiro atoms. The molecule has 0 heterocycles. The average molecular weight is 273 g/mol. The van der Waals surface area contributed by atoms with Crippen LogP contribution in [-0.2, 0) is 14.8 Å². The number of nitrogens with two attached hydrogens (primary N) is 2. The summed E-state index contributed by atoms with van der Waals surface area (Å²) in [6.45, 7) is 2.56. The van der Waals surface area contributed by atoms with E-state index < -0.39 is 10.0 Å². The molecule has 1 aromatic rings. The van der Waals surface area contributed by atoms with Gasteiger partial charge in [0.1, 0.15) is 4.90 Å². The second kappa shape index (κ2) is 5.55. The van der Waals surface area contributed by atoms with Crippen molar-refractivity contribution in [1.29, 1.82) is 0 Å². The van der Waals surface area contributed by atoms with Crippen LogP contribution in [0.4, 0.5) is 11.4 Å². The van der Waals surface area contributed by atoms with Crippen LogP contribution in [0.1, 0.15) is 6.92 Å². The zero-order chi connectivity index (χ0) is 13.9. The molecule has 6 nitrogen and oxygen atoms in total. The maximum absolute atomic E-state index is 11.2. The third-order valence-corrected chi connectivity index (χ3v) is 3.76. The summed E-state index contributed by atoms with van der Waals surface area (Å²) in [6, 6.07) is 4.82. The third-order valence-electron chi connectivity index (χ3n) is 2.78. The zero-order valence-corrected chi connectivity index (χ0v) is 11.6. The maximum atomic E-state index is 11.2. The van der Waals surface area contributed by atoms with Crippen molar-refractivity contribution in [3.05, 3.63) is 18.2 Å². The number of primary sulfonamides is 1. The van der Waals surface area contributed by atoms with E-state index in [-0.39, 0.29) is 16.6 Å². The Hall–Kier alpha value is -1.31. The summed E-state index contributed by atoms with van der Waals surface area (Å²) in [5, 5.41) is 5.05. The standard InChI is InChI=1S/C11H19N3O3S/c1-8(7-17-3)14(2)9-4-5-11(10(12)6-9)18(13,15)16/h4-6,8H,7,12H2,1-3H3,(H2,13,15,16). The molecule has 0 amide bonds. The van der Waals surface area contributed by atoms with E-state index in [0.717, 1.165) is 5.69 Å². The summed E-state index contributed by atoms with van der Waals surface area (Å²) in [7, 11) is -0.263. The minimum absolute atomic E-state index is 0.0564. The SMILES string of the molecule is COCC(C)N(C)c1ccc(S(N)(=O)=O)c(N)c1. The van der Waals surface area contributed by atoms with Crippen LogP contribution in [0.2, 0.25) is 0 Å². The molecule has 0 saturated carbocycles. The molecule has 4 N–H and O–H groups in total. The van der Waals surface area contributed by atoms with E-state index in [1.807, 2.05) is 18.9 Å². The number of benzene rings is 1. The molecule has 0 aliphatic heterocycles. The van der Waals surface area contributed by atoms with E-state index in [4.69, 9.17) is 15.6 Å². The molecule has 0 fully saturated rings. The van der Waals surface area contributed by atoms with Gasteiger partial charge in [0.15, 0.2) is 0 Å². The smallest absolute Gasteiger partial charge is 0.240 e. The van der Waals surface area contributed by atoms with Crippen molar-refractivity contribution in [2.75, 3.05) is 31.4 Å². The first kappa shape index (κ1) is 14.7. The van der Waals surface area contributed by atoms with Crippen LogP contribution in [0.3, 0.4) is 0 Å². The number of anilines is 2. The van der Waals surface area contributed by atoms with E-state index in [0.29, 0.717) is 6.61 Å². The van der Waals surface area contributed by atoms with Crippen molar-refractivity contribution in [3.63, 3.8) is 0 Å². The molecule has 0 aliphatic rings. The van der Waals surface area contributed by atoms with Gasteiger partial charge in [0.2, 0.25) is 10.0 Å². The van der Waals surface area contributed by atoms with E-state index in [9.17, 15) is 8.42 Å². The first-order valence-corrected chi connectivity index (χ1v) is 6.96. The fraction of sp³-hybridized carbons (Fsp3) is 0.455. The van der Waals surface area contributed by atoms with Gasteiger partial charge in [-0.2, -0.15) is 0 Å². The highest BCUT2D eigenvalue weighted by atomic mass is 32.2. The molecule has 0 aliphatic carbocycles. The van der Waals surface area contributed by atoms with Gasteiger partial charge >= 0.3 is 0 Å². The Morgan fingerprint density at radius 1 is 1.44 bits per heavy atom. The van der Waals surface area contributed by atoms with Gasteiger partial charge in [-0.25, -0.2) is 13.6 Å². The van der Waals surface area contributed by atoms with Crippen LogP contribution in [0.5, 0.6) is 0 Å². The third kappa shape index (κ3) is 3.34. The van der Waals surface area contributed by atoms with Gasteiger partial charge < -0.3 is 15.4 Å². The van der Waals surface area contributed by atoms with E-state index in [2.05, 4.69) is 0 Å². The molecular weight excluding hydrogens is 254 g/mol. The predicted octanol–water partition coefficient (Wildman–Crippen LogP) is 0.387. The highest BCUT2D eigenvalue weighted by Gasteiger charge is 2.15. The Morgan fingerprint density at radius 3 is 2.50 bits per heavy atom. The lowest BCUT2D eigenvalue weighted by Gasteiger charge is -2.26. The zero-order valence-electron chi connectivity index (χ0n) is 10.8. The normalized spacial score (nSPS) is 13.3. The molecule has 0 radical (unpaired) electrons. The Bertz CT molecular complexity index is 516. The van der Waals surface area contributed by atoms with Crippen LogP contribution in [-0.4, -0.2) is 35.2 Å². The fourth-order valence-electron chi connectivity index (χ4n) is 1.62. The molecule has 1 unspecified atom stereocenters. The molecule has 0 saturated heterocycles. The summed E-state index contributed by atoms with van der Waals surface area (Å²) in [5.74, 6) is 0. The summed E-state index contributed by atoms with van der Waals surface area (Å²) in [6.07, 6.45) is 0. The van der Waals surface area contributed by atoms with Crippen LogP contribution in [0.25, 0.3) is 0 Å². The van der Waals surface area contributed by atoms with Crippen molar-refractivity contribution >= 4 is 21.4 Å². The van der Waals surface area contributed by atoms with Crippen LogP contribution < -0.4 is 15.8 Å². The van der Waals surface area contributed by atoms with E-state index in [1.54, 1.807) is 19.2 Å². The molecule has 7 heteroatoms. The van der Waals surface area contributed by atoms with Gasteiger partial charge in [-0.1, -0.05) is 0 Å². The van der Waals surface area contributed by atoms with E-state index in [1.165, 1.54) is 6.07 Å². The van der Waals surface area contributed by atoms with Gasteiger partial charge in [0.05, 0.1) is 12.3 Å². The molecule has 0 bridgehead atoms. The monoisotopic (exact) mass is 273 g/mol. The number of ether oxygens (including phenoxy) is 1. The highest BCUT2D eigenvalue weighted by molar-refractivity contribution is 7.89. The minimum atomic E-state index is -3.77. The van der Waals surface area contributed by atoms with Gasteiger partial charge in [-0.15, -0.1) is 0 Å². The number of methoxy groups -OCH3 is 1. The lowest BCUT2D eigenvalue weighted by molar-refractivity contribution is 0.183. The molecular formula is C11H19N3O3S. The van der Waals surface area contributed by atoms with Crippen LogP contribution >= 0.6 is 0 Å². The summed E-state index contributed by atoms with van der Waals surface area (Å²) < 4.78 is 27.5. The number of rotatable bonds is 5. The Morgan fingerprint density at radius 2 is 2.06 bits per heavy atom. The largest absolute Gasteiger partial charge is 0.398 e. The summed E-state index contributed by atoms with van der Waals surface area (Å²) in [4.78, 5) is 1.89. The lowest BCUT2D eigenvalue weighted by atomic mass is 10.2. The second-order valence-electron chi connectivity index (χ2n) is 4.18. The van der Waals surface area contributed by atoms with Gasteiger partial charge in [-0.05, 0) is 25.1 Å². The minimum Gasteiger partial charge on any atom is -0.398 e. The molecule has 0 aromatic heterocycles. The Kier molecular flexibility index (Phi) is 4.55. The number of nitrogens with zero attached hydrogens (tertiary/aromatic N) is 1. The number of likely N-dealkylation sites (N-methyl/N-ethyl adjacent to an activating group) is 1. The van der Waals surface area contributed by atoms with Gasteiger partial charge in [0.25, 0.3) is 0 Å². The Balaban J connectivity index is 3.05. The predicted molar refractivity (Wildman–Crippen MR) is 72.0 cm³/mol. The molecule has 1 atom stereocenters. The van der Waals surface area contributed by atoms with Crippen molar-refractivity contribution in [2.24, 2.45) is 5.14 Å². The average Bonchev–Trinajstić information content (AvgIpc) is 2.26. The van der Waals surface area contributed by atoms with Crippen LogP contribution in [0, 0.1) is 0 Å². The van der Waals surface area contributed by atoms with Crippen molar-refractivity contribution in [1.82, 2.24) is 0 Å². The van der Waals surface area contributed by atoms with Gasteiger partial charge in [-0.3, -0.25) is 0 Å². The maximum Gasteiger partial charge on any atom is 0.240 e. The Labute approximate surface area is 108 Å². The first-order chi connectivity index (χ1) is 8.27. The van der Waals surface area contributed by atoms with E-state index >= 15 is 0 Å². The number of hydrogen-bond donors (Lipinski definition) is 2. The summed E-state index contributed by atoms with van der Waals surface area (Å²) in [5.41, 5.74) is 6.66. The summed E-state index contributed by atoms with van der Waals surface area (Å²) >= 11 is 0. The number of sulfonamides is 1. The molecule has 102 valence electrons. The number of nitrogen functional groups attached to an aromatic ring is 1.